The van der Waals surface area contributed by atoms with Crippen molar-refractivity contribution in [1.29, 1.82) is 0 Å². The van der Waals surface area contributed by atoms with Crippen molar-refractivity contribution < 1.29 is 22.5 Å². The first-order valence-corrected chi connectivity index (χ1v) is 11.2. The van der Waals surface area contributed by atoms with Crippen molar-refractivity contribution in [2.24, 2.45) is 0 Å². The van der Waals surface area contributed by atoms with Crippen molar-refractivity contribution in [3.63, 3.8) is 0 Å². The van der Waals surface area contributed by atoms with Crippen LogP contribution in [0.4, 0.5) is 13.2 Å². The molecule has 3 rings (SSSR count). The number of rotatable bonds is 7. The second-order valence-electron chi connectivity index (χ2n) is 9.19. The summed E-state index contributed by atoms with van der Waals surface area (Å²) in [7, 11) is 0. The molecule has 33 heavy (non-hydrogen) atoms. The van der Waals surface area contributed by atoms with Crippen LogP contribution >= 0.6 is 0 Å². The Hall–Kier alpha value is -2.46. The Kier molecular flexibility index (Phi) is 7.48. The van der Waals surface area contributed by atoms with Crippen LogP contribution in [0.3, 0.4) is 0 Å². The molecule has 0 aliphatic carbocycles. The third kappa shape index (κ3) is 6.11. The lowest BCUT2D eigenvalue weighted by molar-refractivity contribution is -0.137. The van der Waals surface area contributed by atoms with E-state index in [0.29, 0.717) is 32.1 Å². The molecule has 2 aromatic rings. The van der Waals surface area contributed by atoms with Crippen molar-refractivity contribution in [1.82, 2.24) is 25.3 Å². The number of hydrogen-bond donors (Lipinski definition) is 1. The molecule has 1 saturated heterocycles. The lowest BCUT2D eigenvalue weighted by Gasteiger charge is -2.39. The first-order valence-electron chi connectivity index (χ1n) is 11.2. The number of nitrogens with zero attached hydrogens (tertiary/aromatic N) is 4. The molecule has 2 unspecified atom stereocenters. The van der Waals surface area contributed by atoms with Gasteiger partial charge in [0.2, 0.25) is 17.6 Å². The number of carbonyl (C=O) groups excluding carboxylic acids is 1. The van der Waals surface area contributed by atoms with Gasteiger partial charge in [-0.2, -0.15) is 18.2 Å². The minimum atomic E-state index is -4.43. The summed E-state index contributed by atoms with van der Waals surface area (Å²) in [5.41, 5.74) is -0.737. The van der Waals surface area contributed by atoms with Gasteiger partial charge in [-0.3, -0.25) is 14.6 Å². The van der Waals surface area contributed by atoms with Crippen molar-refractivity contribution in [3.8, 4) is 11.4 Å². The van der Waals surface area contributed by atoms with Crippen LogP contribution in [0.25, 0.3) is 11.4 Å². The van der Waals surface area contributed by atoms with Gasteiger partial charge in [0.05, 0.1) is 17.6 Å². The maximum atomic E-state index is 13.0. The molecule has 0 radical (unpaired) electrons. The summed E-state index contributed by atoms with van der Waals surface area (Å²) in [4.78, 5) is 21.3. The molecule has 1 N–H and O–H groups in total. The highest BCUT2D eigenvalue weighted by Crippen LogP contribution is 2.32. The fraction of sp³-hybridized carbons (Fsp3) is 0.609. The van der Waals surface area contributed by atoms with Gasteiger partial charge >= 0.3 is 6.18 Å². The predicted molar refractivity (Wildman–Crippen MR) is 118 cm³/mol. The Bertz CT molecular complexity index is 952. The summed E-state index contributed by atoms with van der Waals surface area (Å²) in [6.45, 7) is 12.7. The standard InChI is InChI=1S/C23H32F3N5O2/c1-6-22(4,5)28-20(32)15(2)30-10-12-31(13-11-30)16(3)21-27-19(29-33-21)17-8-7-9-18(14-17)23(24,25)26/h7-9,14-16H,6,10-13H2,1-5H3,(H,28,32). The van der Waals surface area contributed by atoms with Crippen LogP contribution < -0.4 is 5.32 Å². The summed E-state index contributed by atoms with van der Waals surface area (Å²) < 4.78 is 44.4. The minimum Gasteiger partial charge on any atom is -0.350 e. The molecule has 1 aromatic heterocycles. The van der Waals surface area contributed by atoms with Crippen molar-refractivity contribution in [3.05, 3.63) is 35.7 Å². The van der Waals surface area contributed by atoms with Crippen LogP contribution in [0.2, 0.25) is 0 Å². The van der Waals surface area contributed by atoms with Gasteiger partial charge in [0.15, 0.2) is 0 Å². The fourth-order valence-corrected chi connectivity index (χ4v) is 3.72. The number of benzene rings is 1. The number of hydrogen-bond acceptors (Lipinski definition) is 6. The fourth-order valence-electron chi connectivity index (χ4n) is 3.72. The third-order valence-electron chi connectivity index (χ3n) is 6.42. The summed E-state index contributed by atoms with van der Waals surface area (Å²) in [5.74, 6) is 0.503. The summed E-state index contributed by atoms with van der Waals surface area (Å²) in [5, 5.41) is 6.99. The largest absolute Gasteiger partial charge is 0.416 e. The molecule has 2 atom stereocenters. The number of carbonyl (C=O) groups is 1. The van der Waals surface area contributed by atoms with Gasteiger partial charge in [-0.1, -0.05) is 24.2 Å². The van der Waals surface area contributed by atoms with Crippen molar-refractivity contribution in [2.45, 2.75) is 64.8 Å². The molecule has 1 aliphatic heterocycles. The number of aromatic nitrogens is 2. The highest BCUT2D eigenvalue weighted by atomic mass is 19.4. The van der Waals surface area contributed by atoms with E-state index >= 15 is 0 Å². The Morgan fingerprint density at radius 1 is 1.15 bits per heavy atom. The zero-order chi connectivity index (χ0) is 24.4. The van der Waals surface area contributed by atoms with Gasteiger partial charge in [0, 0.05) is 37.3 Å². The van der Waals surface area contributed by atoms with E-state index in [1.165, 1.54) is 12.1 Å². The monoisotopic (exact) mass is 467 g/mol. The Balaban J connectivity index is 1.60. The molecule has 10 heteroatoms. The maximum absolute atomic E-state index is 13.0. The van der Waals surface area contributed by atoms with Gasteiger partial charge in [-0.05, 0) is 46.2 Å². The first-order chi connectivity index (χ1) is 15.4. The predicted octanol–water partition coefficient (Wildman–Crippen LogP) is 4.13. The Morgan fingerprint density at radius 2 is 1.79 bits per heavy atom. The van der Waals surface area contributed by atoms with E-state index in [0.717, 1.165) is 18.6 Å². The number of halogens is 3. The van der Waals surface area contributed by atoms with Crippen molar-refractivity contribution >= 4 is 5.91 Å². The molecule has 1 aliphatic rings. The molecular weight excluding hydrogens is 435 g/mol. The number of alkyl halides is 3. The second kappa shape index (κ2) is 9.80. The minimum absolute atomic E-state index is 0.0194. The lowest BCUT2D eigenvalue weighted by atomic mass is 10.0. The Morgan fingerprint density at radius 3 is 2.39 bits per heavy atom. The van der Waals surface area contributed by atoms with Gasteiger partial charge in [0.1, 0.15) is 0 Å². The molecule has 0 saturated carbocycles. The van der Waals surface area contributed by atoms with E-state index in [1.54, 1.807) is 0 Å². The van der Waals surface area contributed by atoms with Gasteiger partial charge < -0.3 is 9.84 Å². The highest BCUT2D eigenvalue weighted by Gasteiger charge is 2.32. The molecule has 0 bridgehead atoms. The average molecular weight is 468 g/mol. The second-order valence-corrected chi connectivity index (χ2v) is 9.19. The first kappa shape index (κ1) is 25.2. The summed E-state index contributed by atoms with van der Waals surface area (Å²) >= 11 is 0. The maximum Gasteiger partial charge on any atom is 0.416 e. The van der Waals surface area contributed by atoms with E-state index in [4.69, 9.17) is 4.52 Å². The zero-order valence-electron chi connectivity index (χ0n) is 19.7. The van der Waals surface area contributed by atoms with Crippen LogP contribution in [0.5, 0.6) is 0 Å². The number of nitrogens with one attached hydrogen (secondary N) is 1. The van der Waals surface area contributed by atoms with Crippen LogP contribution in [0, 0.1) is 0 Å². The normalized spacial score (nSPS) is 18.2. The van der Waals surface area contributed by atoms with E-state index in [1.807, 2.05) is 34.6 Å². The van der Waals surface area contributed by atoms with Gasteiger partial charge in [-0.25, -0.2) is 0 Å². The molecule has 0 spiro atoms. The molecule has 182 valence electrons. The van der Waals surface area contributed by atoms with Crippen LogP contribution in [0.15, 0.2) is 28.8 Å². The lowest BCUT2D eigenvalue weighted by Crippen LogP contribution is -2.56. The third-order valence-corrected chi connectivity index (χ3v) is 6.42. The molecule has 1 amide bonds. The van der Waals surface area contributed by atoms with Crippen LogP contribution in [0.1, 0.15) is 58.5 Å². The van der Waals surface area contributed by atoms with Gasteiger partial charge in [-0.15, -0.1) is 0 Å². The summed E-state index contributed by atoms with van der Waals surface area (Å²) in [6, 6.07) is 4.46. The van der Waals surface area contributed by atoms with E-state index in [-0.39, 0.29) is 34.9 Å². The highest BCUT2D eigenvalue weighted by molar-refractivity contribution is 5.82. The van der Waals surface area contributed by atoms with E-state index in [9.17, 15) is 18.0 Å². The quantitative estimate of drug-likeness (QED) is 0.660. The summed E-state index contributed by atoms with van der Waals surface area (Å²) in [6.07, 6.45) is -3.58. The molecule has 2 heterocycles. The number of amides is 1. The SMILES string of the molecule is CCC(C)(C)NC(=O)C(C)N1CCN(C(C)c2nc(-c3cccc(C(F)(F)F)c3)no2)CC1. The smallest absolute Gasteiger partial charge is 0.350 e. The van der Waals surface area contributed by atoms with Crippen LogP contribution in [-0.2, 0) is 11.0 Å². The topological polar surface area (TPSA) is 74.5 Å². The Labute approximate surface area is 192 Å². The van der Waals surface area contributed by atoms with Crippen LogP contribution in [-0.4, -0.2) is 63.6 Å². The molecule has 1 fully saturated rings. The van der Waals surface area contributed by atoms with E-state index < -0.39 is 11.7 Å². The molecular formula is C23H32F3N5O2. The average Bonchev–Trinajstić information content (AvgIpc) is 3.28. The molecule has 7 nitrogen and oxygen atoms in total. The van der Waals surface area contributed by atoms with Crippen molar-refractivity contribution in [2.75, 3.05) is 26.2 Å². The molecule has 1 aromatic carbocycles. The number of piperazine rings is 1. The van der Waals surface area contributed by atoms with E-state index in [2.05, 4.69) is 25.3 Å². The van der Waals surface area contributed by atoms with Gasteiger partial charge in [0.25, 0.3) is 0 Å². The zero-order valence-corrected chi connectivity index (χ0v) is 19.7.